The molecule has 1 aromatic heterocycles. The third-order valence-corrected chi connectivity index (χ3v) is 2.60. The largest absolute Gasteiger partial charge is 0.380 e. The summed E-state index contributed by atoms with van der Waals surface area (Å²) in [6.45, 7) is 7.78. The topological polar surface area (TPSA) is 59.1 Å². The molecule has 5 nitrogen and oxygen atoms in total. The molecular weight excluding hydrogens is 216 g/mol. The molecule has 0 saturated heterocycles. The fraction of sp³-hybridized carbons (Fsp3) is 0.667. The number of methoxy groups -OCH3 is 1. The molecule has 0 aliphatic heterocycles. The number of anilines is 2. The van der Waals surface area contributed by atoms with Crippen LogP contribution in [0.25, 0.3) is 0 Å². The summed E-state index contributed by atoms with van der Waals surface area (Å²) in [5.41, 5.74) is 1.12. The quantitative estimate of drug-likeness (QED) is 0.760. The fourth-order valence-electron chi connectivity index (χ4n) is 1.54. The van der Waals surface area contributed by atoms with E-state index in [1.165, 1.54) is 0 Å². The molecule has 96 valence electrons. The van der Waals surface area contributed by atoms with Gasteiger partial charge in [-0.25, -0.2) is 9.97 Å². The van der Waals surface area contributed by atoms with Crippen molar-refractivity contribution in [2.24, 2.45) is 0 Å². The first-order valence-electron chi connectivity index (χ1n) is 6.07. The minimum atomic E-state index is 0.164. The number of hydrogen-bond donors (Lipinski definition) is 2. The van der Waals surface area contributed by atoms with E-state index in [2.05, 4.69) is 34.4 Å². The molecule has 1 rings (SSSR count). The van der Waals surface area contributed by atoms with Crippen molar-refractivity contribution < 1.29 is 4.74 Å². The third-order valence-electron chi connectivity index (χ3n) is 2.60. The molecule has 2 N–H and O–H groups in total. The van der Waals surface area contributed by atoms with Crippen molar-refractivity contribution in [3.63, 3.8) is 0 Å². The van der Waals surface area contributed by atoms with Crippen LogP contribution in [0.2, 0.25) is 0 Å². The van der Waals surface area contributed by atoms with Crippen molar-refractivity contribution in [1.29, 1.82) is 0 Å². The molecule has 0 bridgehead atoms. The van der Waals surface area contributed by atoms with Gasteiger partial charge < -0.3 is 15.4 Å². The van der Waals surface area contributed by atoms with Crippen molar-refractivity contribution in [2.75, 3.05) is 30.8 Å². The van der Waals surface area contributed by atoms with E-state index in [9.17, 15) is 0 Å². The summed E-state index contributed by atoms with van der Waals surface area (Å²) < 4.78 is 5.20. The zero-order valence-electron chi connectivity index (χ0n) is 11.1. The van der Waals surface area contributed by atoms with Crippen molar-refractivity contribution in [2.45, 2.75) is 33.3 Å². The summed E-state index contributed by atoms with van der Waals surface area (Å²) in [4.78, 5) is 8.53. The Hall–Kier alpha value is -1.36. The number of ether oxygens (including phenoxy) is 1. The smallest absolute Gasteiger partial charge is 0.134 e. The van der Waals surface area contributed by atoms with Crippen molar-refractivity contribution in [3.05, 3.63) is 11.9 Å². The van der Waals surface area contributed by atoms with Crippen molar-refractivity contribution >= 4 is 11.6 Å². The maximum absolute atomic E-state index is 5.20. The van der Waals surface area contributed by atoms with Crippen LogP contribution in [0, 0.1) is 0 Å². The molecule has 1 heterocycles. The molecule has 0 amide bonds. The predicted molar refractivity (Wildman–Crippen MR) is 70.5 cm³/mol. The van der Waals surface area contributed by atoms with Crippen LogP contribution in [-0.2, 0) is 11.2 Å². The summed E-state index contributed by atoms with van der Waals surface area (Å²) in [6.07, 6.45) is 2.64. The molecule has 0 spiro atoms. The van der Waals surface area contributed by atoms with Crippen LogP contribution in [0.5, 0.6) is 0 Å². The Bertz CT molecular complexity index is 343. The molecule has 0 radical (unpaired) electrons. The minimum absolute atomic E-state index is 0.164. The SMILES string of the molecule is CCNc1ncnc(NCC(C)OC)c1CC. The first-order valence-corrected chi connectivity index (χ1v) is 6.07. The van der Waals surface area contributed by atoms with Crippen LogP contribution in [0.3, 0.4) is 0 Å². The Balaban J connectivity index is 2.79. The standard InChI is InChI=1S/C12H22N4O/c1-5-10-11(13-6-2)15-8-16-12(10)14-7-9(3)17-4/h8-9H,5-7H2,1-4H3,(H2,13,14,15,16). The highest BCUT2D eigenvalue weighted by Crippen LogP contribution is 2.20. The minimum Gasteiger partial charge on any atom is -0.380 e. The Morgan fingerprint density at radius 1 is 1.24 bits per heavy atom. The molecule has 1 aromatic rings. The van der Waals surface area contributed by atoms with Crippen LogP contribution in [0.4, 0.5) is 11.6 Å². The molecule has 0 fully saturated rings. The van der Waals surface area contributed by atoms with E-state index in [1.54, 1.807) is 13.4 Å². The van der Waals surface area contributed by atoms with Gasteiger partial charge >= 0.3 is 0 Å². The van der Waals surface area contributed by atoms with Crippen LogP contribution in [0.1, 0.15) is 26.3 Å². The number of hydrogen-bond acceptors (Lipinski definition) is 5. The number of rotatable bonds is 7. The monoisotopic (exact) mass is 238 g/mol. The molecule has 0 aliphatic carbocycles. The molecule has 1 atom stereocenters. The average molecular weight is 238 g/mol. The second-order valence-corrected chi connectivity index (χ2v) is 3.86. The van der Waals surface area contributed by atoms with Crippen LogP contribution in [-0.4, -0.2) is 36.3 Å². The molecule has 0 saturated carbocycles. The summed E-state index contributed by atoms with van der Waals surface area (Å²) in [5.74, 6) is 1.81. The van der Waals surface area contributed by atoms with Crippen LogP contribution in [0.15, 0.2) is 6.33 Å². The average Bonchev–Trinajstić information content (AvgIpc) is 2.36. The van der Waals surface area contributed by atoms with Gasteiger partial charge in [-0.3, -0.25) is 0 Å². The lowest BCUT2D eigenvalue weighted by atomic mass is 10.2. The summed E-state index contributed by atoms with van der Waals surface area (Å²) in [6, 6.07) is 0. The maximum Gasteiger partial charge on any atom is 0.134 e. The van der Waals surface area contributed by atoms with Gasteiger partial charge in [-0.2, -0.15) is 0 Å². The highest BCUT2D eigenvalue weighted by molar-refractivity contribution is 5.57. The van der Waals surface area contributed by atoms with E-state index >= 15 is 0 Å². The van der Waals surface area contributed by atoms with Crippen LogP contribution >= 0.6 is 0 Å². The second-order valence-electron chi connectivity index (χ2n) is 3.86. The highest BCUT2D eigenvalue weighted by Gasteiger charge is 2.09. The van der Waals surface area contributed by atoms with Gasteiger partial charge in [-0.15, -0.1) is 0 Å². The van der Waals surface area contributed by atoms with Crippen LogP contribution < -0.4 is 10.6 Å². The van der Waals surface area contributed by atoms with E-state index in [-0.39, 0.29) is 6.10 Å². The third kappa shape index (κ3) is 3.85. The Morgan fingerprint density at radius 2 is 1.88 bits per heavy atom. The summed E-state index contributed by atoms with van der Waals surface area (Å²) in [7, 11) is 1.71. The molecule has 1 unspecified atom stereocenters. The second kappa shape index (κ2) is 7.06. The van der Waals surface area contributed by atoms with Crippen molar-refractivity contribution in [1.82, 2.24) is 9.97 Å². The Labute approximate surface area is 103 Å². The number of aromatic nitrogens is 2. The number of nitrogens with zero attached hydrogens (tertiary/aromatic N) is 2. The van der Waals surface area contributed by atoms with E-state index in [0.29, 0.717) is 0 Å². The first kappa shape index (κ1) is 13.7. The molecule has 0 aromatic carbocycles. The normalized spacial score (nSPS) is 12.2. The van der Waals surface area contributed by atoms with E-state index in [1.807, 2.05) is 6.92 Å². The summed E-state index contributed by atoms with van der Waals surface area (Å²) >= 11 is 0. The Morgan fingerprint density at radius 3 is 2.41 bits per heavy atom. The van der Waals surface area contributed by atoms with E-state index in [0.717, 1.165) is 36.7 Å². The van der Waals surface area contributed by atoms with Crippen molar-refractivity contribution in [3.8, 4) is 0 Å². The maximum atomic E-state index is 5.20. The molecular formula is C12H22N4O. The summed E-state index contributed by atoms with van der Waals surface area (Å²) in [5, 5.41) is 6.54. The Kier molecular flexibility index (Phi) is 5.69. The first-order chi connectivity index (χ1) is 8.22. The van der Waals surface area contributed by atoms with Gasteiger partial charge in [0, 0.05) is 25.8 Å². The van der Waals surface area contributed by atoms with Gasteiger partial charge in [0.1, 0.15) is 18.0 Å². The molecule has 5 heteroatoms. The van der Waals surface area contributed by atoms with Gasteiger partial charge in [-0.1, -0.05) is 6.92 Å². The zero-order valence-corrected chi connectivity index (χ0v) is 11.1. The molecule has 0 aliphatic rings. The molecule has 17 heavy (non-hydrogen) atoms. The highest BCUT2D eigenvalue weighted by atomic mass is 16.5. The van der Waals surface area contributed by atoms with Gasteiger partial charge in [0.2, 0.25) is 0 Å². The van der Waals surface area contributed by atoms with E-state index in [4.69, 9.17) is 4.74 Å². The van der Waals surface area contributed by atoms with Gasteiger partial charge in [0.15, 0.2) is 0 Å². The lowest BCUT2D eigenvalue weighted by Gasteiger charge is -2.15. The van der Waals surface area contributed by atoms with Gasteiger partial charge in [0.25, 0.3) is 0 Å². The lowest BCUT2D eigenvalue weighted by molar-refractivity contribution is 0.128. The lowest BCUT2D eigenvalue weighted by Crippen LogP contribution is -2.20. The number of nitrogens with one attached hydrogen (secondary N) is 2. The zero-order chi connectivity index (χ0) is 12.7. The van der Waals surface area contributed by atoms with Gasteiger partial charge in [-0.05, 0) is 20.3 Å². The van der Waals surface area contributed by atoms with Gasteiger partial charge in [0.05, 0.1) is 6.10 Å². The predicted octanol–water partition coefficient (Wildman–Crippen LogP) is 1.92. The fourth-order valence-corrected chi connectivity index (χ4v) is 1.54. The van der Waals surface area contributed by atoms with E-state index < -0.39 is 0 Å².